The highest BCUT2D eigenvalue weighted by atomic mass is 16.5. The largest absolute Gasteiger partial charge is 0.464 e. The van der Waals surface area contributed by atoms with Crippen molar-refractivity contribution >= 4 is 11.9 Å². The van der Waals surface area contributed by atoms with Crippen LogP contribution in [0.1, 0.15) is 71.3 Å². The molecule has 0 heterocycles. The van der Waals surface area contributed by atoms with Gasteiger partial charge < -0.3 is 20.9 Å². The molecule has 0 bridgehead atoms. The van der Waals surface area contributed by atoms with Crippen molar-refractivity contribution in [1.29, 1.82) is 0 Å². The molecular formula is C24H40N2O4. The Hall–Kier alpha value is -1.92. The van der Waals surface area contributed by atoms with Crippen molar-refractivity contribution in [2.24, 2.45) is 11.7 Å². The third kappa shape index (κ3) is 10.7. The molecule has 4 N–H and O–H groups in total. The third-order valence-corrected chi connectivity index (χ3v) is 5.04. The summed E-state index contributed by atoms with van der Waals surface area (Å²) in [6.07, 6.45) is 6.05. The fourth-order valence-electron chi connectivity index (χ4n) is 3.29. The van der Waals surface area contributed by atoms with E-state index in [0.717, 1.165) is 24.8 Å². The minimum Gasteiger partial charge on any atom is -0.464 e. The maximum Gasteiger partial charge on any atom is 0.328 e. The zero-order chi connectivity index (χ0) is 22.4. The molecule has 1 aromatic carbocycles. The fraction of sp³-hybridized carbons (Fsp3) is 0.667. The molecule has 0 aliphatic rings. The van der Waals surface area contributed by atoms with Crippen LogP contribution in [0.15, 0.2) is 30.3 Å². The molecule has 0 aliphatic heterocycles. The highest BCUT2D eigenvalue weighted by molar-refractivity contribution is 5.87. The number of carbonyl (C=O) groups excluding carboxylic acids is 2. The fourth-order valence-corrected chi connectivity index (χ4v) is 3.29. The predicted molar refractivity (Wildman–Crippen MR) is 120 cm³/mol. The first kappa shape index (κ1) is 26.1. The molecule has 0 spiro atoms. The number of nitrogens with two attached hydrogens (primary N) is 1. The van der Waals surface area contributed by atoms with Gasteiger partial charge in [-0.05, 0) is 30.7 Å². The number of aliphatic hydroxyl groups is 1. The molecule has 6 nitrogen and oxygen atoms in total. The lowest BCUT2D eigenvalue weighted by atomic mass is 10.00. The lowest BCUT2D eigenvalue weighted by Gasteiger charge is -2.23. The molecular weight excluding hydrogens is 380 g/mol. The van der Waals surface area contributed by atoms with Crippen LogP contribution in [0.4, 0.5) is 0 Å². The Morgan fingerprint density at radius 3 is 2.33 bits per heavy atom. The summed E-state index contributed by atoms with van der Waals surface area (Å²) in [7, 11) is 0. The molecule has 0 radical (unpaired) electrons. The second-order valence-electron chi connectivity index (χ2n) is 8.42. The maximum absolute atomic E-state index is 12.5. The number of rotatable bonds is 15. The maximum atomic E-state index is 12.5. The van der Waals surface area contributed by atoms with E-state index in [0.29, 0.717) is 19.4 Å². The second-order valence-corrected chi connectivity index (χ2v) is 8.42. The van der Waals surface area contributed by atoms with Crippen LogP contribution in [0.2, 0.25) is 0 Å². The number of carbonyl (C=O) groups is 2. The first-order valence-corrected chi connectivity index (χ1v) is 11.3. The topological polar surface area (TPSA) is 102 Å². The van der Waals surface area contributed by atoms with Gasteiger partial charge in [0.15, 0.2) is 0 Å². The lowest BCUT2D eigenvalue weighted by Crippen LogP contribution is -2.52. The molecule has 0 aliphatic carbocycles. The lowest BCUT2D eigenvalue weighted by molar-refractivity contribution is -0.149. The van der Waals surface area contributed by atoms with Crippen molar-refractivity contribution in [1.82, 2.24) is 5.32 Å². The van der Waals surface area contributed by atoms with Crippen LogP contribution in [0.25, 0.3) is 0 Å². The molecule has 0 aromatic heterocycles. The molecule has 3 atom stereocenters. The van der Waals surface area contributed by atoms with E-state index >= 15 is 0 Å². The predicted octanol–water partition coefficient (Wildman–Crippen LogP) is 3.35. The van der Waals surface area contributed by atoms with Gasteiger partial charge in [-0.1, -0.05) is 83.2 Å². The van der Waals surface area contributed by atoms with E-state index in [1.165, 1.54) is 19.3 Å². The highest BCUT2D eigenvalue weighted by Crippen LogP contribution is 2.10. The third-order valence-electron chi connectivity index (χ3n) is 5.04. The number of benzene rings is 1. The van der Waals surface area contributed by atoms with E-state index in [1.54, 1.807) is 0 Å². The average molecular weight is 421 g/mol. The van der Waals surface area contributed by atoms with Crippen molar-refractivity contribution in [3.63, 3.8) is 0 Å². The summed E-state index contributed by atoms with van der Waals surface area (Å²) in [5.41, 5.74) is 6.96. The zero-order valence-electron chi connectivity index (χ0n) is 18.8. The molecule has 0 saturated heterocycles. The zero-order valence-corrected chi connectivity index (χ0v) is 18.8. The Morgan fingerprint density at radius 1 is 1.07 bits per heavy atom. The van der Waals surface area contributed by atoms with Crippen molar-refractivity contribution < 1.29 is 19.4 Å². The van der Waals surface area contributed by atoms with Gasteiger partial charge in [0.25, 0.3) is 5.91 Å². The number of hydrogen-bond donors (Lipinski definition) is 3. The monoisotopic (exact) mass is 420 g/mol. The van der Waals surface area contributed by atoms with Gasteiger partial charge in [-0.15, -0.1) is 0 Å². The van der Waals surface area contributed by atoms with E-state index in [2.05, 4.69) is 12.2 Å². The van der Waals surface area contributed by atoms with Gasteiger partial charge in [-0.3, -0.25) is 4.79 Å². The van der Waals surface area contributed by atoms with E-state index in [-0.39, 0.29) is 5.92 Å². The van der Waals surface area contributed by atoms with Gasteiger partial charge in [0.05, 0.1) is 6.61 Å². The summed E-state index contributed by atoms with van der Waals surface area (Å²) >= 11 is 0. The summed E-state index contributed by atoms with van der Waals surface area (Å²) in [6.45, 7) is 6.47. The Kier molecular flexibility index (Phi) is 13.0. The first-order valence-electron chi connectivity index (χ1n) is 11.3. The van der Waals surface area contributed by atoms with Gasteiger partial charge >= 0.3 is 5.97 Å². The van der Waals surface area contributed by atoms with Crippen LogP contribution in [0.3, 0.4) is 0 Å². The van der Waals surface area contributed by atoms with Crippen molar-refractivity contribution in [3.8, 4) is 0 Å². The number of unbranched alkanes of at least 4 members (excludes halogenated alkanes) is 5. The second kappa shape index (κ2) is 15.0. The smallest absolute Gasteiger partial charge is 0.328 e. The highest BCUT2D eigenvalue weighted by Gasteiger charge is 2.29. The van der Waals surface area contributed by atoms with Crippen molar-refractivity contribution in [2.45, 2.75) is 90.3 Å². The average Bonchev–Trinajstić information content (AvgIpc) is 2.72. The number of amides is 1. The van der Waals surface area contributed by atoms with Gasteiger partial charge in [-0.2, -0.15) is 0 Å². The molecule has 0 saturated carbocycles. The Labute approximate surface area is 181 Å². The summed E-state index contributed by atoms with van der Waals surface area (Å²) in [4.78, 5) is 25.0. The summed E-state index contributed by atoms with van der Waals surface area (Å²) < 4.78 is 5.38. The van der Waals surface area contributed by atoms with E-state index < -0.39 is 30.1 Å². The van der Waals surface area contributed by atoms with E-state index in [1.807, 2.05) is 44.2 Å². The Bertz CT molecular complexity index is 606. The normalized spacial score (nSPS) is 14.2. The number of ether oxygens (including phenoxy) is 1. The minimum absolute atomic E-state index is 0.187. The quantitative estimate of drug-likeness (QED) is 0.298. The molecule has 1 rings (SSSR count). The minimum atomic E-state index is -1.40. The number of nitrogens with one attached hydrogen (secondary N) is 1. The molecule has 0 fully saturated rings. The van der Waals surface area contributed by atoms with Crippen LogP contribution in [-0.4, -0.2) is 41.8 Å². The summed E-state index contributed by atoms with van der Waals surface area (Å²) in [6, 6.07) is 7.91. The molecule has 30 heavy (non-hydrogen) atoms. The van der Waals surface area contributed by atoms with Crippen LogP contribution >= 0.6 is 0 Å². The summed E-state index contributed by atoms with van der Waals surface area (Å²) in [5, 5.41) is 13.0. The van der Waals surface area contributed by atoms with Gasteiger partial charge in [0, 0.05) is 6.04 Å². The molecule has 1 aromatic rings. The number of esters is 1. The van der Waals surface area contributed by atoms with E-state index in [9.17, 15) is 14.7 Å². The summed E-state index contributed by atoms with van der Waals surface area (Å²) in [5.74, 6) is -0.901. The number of hydrogen-bond acceptors (Lipinski definition) is 5. The SMILES string of the molecule is CCCCCCCCOC(=O)[C@H](CC(C)C)NC(=O)[C@@H](O)[C@H](N)Cc1ccccc1. The molecule has 0 unspecified atom stereocenters. The van der Waals surface area contributed by atoms with E-state index in [4.69, 9.17) is 10.5 Å². The van der Waals surface area contributed by atoms with Crippen molar-refractivity contribution in [2.75, 3.05) is 6.61 Å². The van der Waals surface area contributed by atoms with Gasteiger partial charge in [-0.25, -0.2) is 4.79 Å². The Balaban J connectivity index is 2.50. The standard InChI is InChI=1S/C24H40N2O4/c1-4-5-6-7-8-12-15-30-24(29)21(16-18(2)3)26-23(28)22(27)20(25)17-19-13-10-9-11-14-19/h9-11,13-14,18,20-22,27H,4-8,12,15-17,25H2,1-3H3,(H,26,28)/t20-,21+,22+/m1/s1. The molecule has 170 valence electrons. The van der Waals surface area contributed by atoms with Crippen LogP contribution in [-0.2, 0) is 20.7 Å². The molecule has 1 amide bonds. The number of aliphatic hydroxyl groups excluding tert-OH is 1. The van der Waals surface area contributed by atoms with Crippen LogP contribution < -0.4 is 11.1 Å². The van der Waals surface area contributed by atoms with Gasteiger partial charge in [0.1, 0.15) is 12.1 Å². The first-order chi connectivity index (χ1) is 14.3. The Morgan fingerprint density at radius 2 is 1.70 bits per heavy atom. The molecule has 6 heteroatoms. The van der Waals surface area contributed by atoms with Gasteiger partial charge in [0.2, 0.25) is 0 Å². The van der Waals surface area contributed by atoms with Crippen LogP contribution in [0, 0.1) is 5.92 Å². The van der Waals surface area contributed by atoms with Crippen LogP contribution in [0.5, 0.6) is 0 Å². The van der Waals surface area contributed by atoms with Crippen molar-refractivity contribution in [3.05, 3.63) is 35.9 Å².